The van der Waals surface area contributed by atoms with Gasteiger partial charge in [0.25, 0.3) is 5.91 Å². The van der Waals surface area contributed by atoms with Crippen molar-refractivity contribution in [3.05, 3.63) is 63.0 Å². The Balaban J connectivity index is 2.28. The van der Waals surface area contributed by atoms with E-state index in [0.29, 0.717) is 21.7 Å². The third-order valence-electron chi connectivity index (χ3n) is 4.76. The maximum absolute atomic E-state index is 14.1. The maximum atomic E-state index is 14.1. The molecule has 3 aromatic rings. The van der Waals surface area contributed by atoms with E-state index < -0.39 is 29.4 Å². The van der Waals surface area contributed by atoms with Crippen molar-refractivity contribution in [3.63, 3.8) is 0 Å². The molecule has 1 atom stereocenters. The lowest BCUT2D eigenvalue weighted by Gasteiger charge is -2.12. The summed E-state index contributed by atoms with van der Waals surface area (Å²) in [5.41, 5.74) is 1.37. The predicted molar refractivity (Wildman–Crippen MR) is 110 cm³/mol. The Morgan fingerprint density at radius 2 is 1.90 bits per heavy atom. The minimum absolute atomic E-state index is 0.197. The Morgan fingerprint density at radius 3 is 2.52 bits per heavy atom. The standard InChI is InChI=1S/C21H18Cl2FNO4/c1-4-29-21(28)10(2)19-11(3)25(17-9-16(24)18(26)8-13(17)19)20(27)12-5-6-14(22)15(23)7-12/h5-10,26H,4H2,1-3H3/t10-/m1/s1. The zero-order valence-corrected chi connectivity index (χ0v) is 17.4. The van der Waals surface area contributed by atoms with E-state index in [0.717, 1.165) is 6.07 Å². The van der Waals surface area contributed by atoms with Crippen LogP contribution in [0.4, 0.5) is 4.39 Å². The number of carbonyl (C=O) groups excluding carboxylic acids is 2. The van der Waals surface area contributed by atoms with E-state index in [9.17, 15) is 19.1 Å². The van der Waals surface area contributed by atoms with Gasteiger partial charge >= 0.3 is 5.97 Å². The SMILES string of the molecule is CCOC(=O)[C@H](C)c1c(C)n(C(=O)c2ccc(Cl)c(Cl)c2)c2cc(F)c(O)cc12. The van der Waals surface area contributed by atoms with Crippen LogP contribution in [0, 0.1) is 12.7 Å². The summed E-state index contributed by atoms with van der Waals surface area (Å²) in [6.45, 7) is 5.17. The third kappa shape index (κ3) is 3.70. The predicted octanol–water partition coefficient (Wildman–Crippen LogP) is 5.46. The van der Waals surface area contributed by atoms with Crippen LogP contribution in [0.25, 0.3) is 10.9 Å². The van der Waals surface area contributed by atoms with Crippen molar-refractivity contribution in [1.29, 1.82) is 0 Å². The lowest BCUT2D eigenvalue weighted by Crippen LogP contribution is -2.16. The molecule has 0 aliphatic heterocycles. The first-order chi connectivity index (χ1) is 13.7. The molecular weight excluding hydrogens is 420 g/mol. The number of benzene rings is 2. The number of phenols is 1. The fraction of sp³-hybridized carbons (Fsp3) is 0.238. The molecule has 0 spiro atoms. The second-order valence-electron chi connectivity index (χ2n) is 6.56. The number of hydrogen-bond acceptors (Lipinski definition) is 4. The summed E-state index contributed by atoms with van der Waals surface area (Å²) in [6, 6.07) is 6.69. The number of hydrogen-bond donors (Lipinski definition) is 1. The smallest absolute Gasteiger partial charge is 0.313 e. The minimum atomic E-state index is -0.881. The van der Waals surface area contributed by atoms with E-state index in [4.69, 9.17) is 27.9 Å². The van der Waals surface area contributed by atoms with Crippen LogP contribution < -0.4 is 0 Å². The van der Waals surface area contributed by atoms with Crippen LogP contribution in [0.1, 0.15) is 41.4 Å². The quantitative estimate of drug-likeness (QED) is 0.550. The van der Waals surface area contributed by atoms with Crippen LogP contribution in [0.3, 0.4) is 0 Å². The van der Waals surface area contributed by atoms with Crippen molar-refractivity contribution in [2.45, 2.75) is 26.7 Å². The number of rotatable bonds is 4. The Bertz CT molecular complexity index is 1140. The lowest BCUT2D eigenvalue weighted by molar-refractivity contribution is -0.144. The number of esters is 1. The highest BCUT2D eigenvalue weighted by Gasteiger charge is 2.28. The summed E-state index contributed by atoms with van der Waals surface area (Å²) in [5, 5.41) is 10.8. The Kier molecular flexibility index (Phi) is 5.87. The van der Waals surface area contributed by atoms with Crippen LogP contribution in [-0.4, -0.2) is 28.2 Å². The molecule has 2 aromatic carbocycles. The average Bonchev–Trinajstić information content (AvgIpc) is 2.94. The van der Waals surface area contributed by atoms with Gasteiger partial charge in [-0.25, -0.2) is 4.39 Å². The second-order valence-corrected chi connectivity index (χ2v) is 7.38. The van der Waals surface area contributed by atoms with Crippen LogP contribution in [0.2, 0.25) is 10.0 Å². The Morgan fingerprint density at radius 1 is 1.21 bits per heavy atom. The van der Waals surface area contributed by atoms with Crippen LogP contribution in [-0.2, 0) is 9.53 Å². The molecule has 3 rings (SSSR count). The molecule has 0 saturated carbocycles. The van der Waals surface area contributed by atoms with Crippen molar-refractivity contribution in [2.24, 2.45) is 0 Å². The Labute approximate surface area is 176 Å². The summed E-state index contributed by atoms with van der Waals surface area (Å²) in [5.74, 6) is -3.15. The van der Waals surface area contributed by atoms with E-state index in [1.165, 1.54) is 28.8 Å². The molecule has 5 nitrogen and oxygen atoms in total. The highest BCUT2D eigenvalue weighted by Crippen LogP contribution is 2.36. The van der Waals surface area contributed by atoms with Crippen molar-refractivity contribution in [3.8, 4) is 5.75 Å². The molecule has 8 heteroatoms. The van der Waals surface area contributed by atoms with Crippen LogP contribution >= 0.6 is 23.2 Å². The van der Waals surface area contributed by atoms with Gasteiger partial charge in [0.15, 0.2) is 11.6 Å². The van der Waals surface area contributed by atoms with Gasteiger partial charge in [-0.05, 0) is 50.6 Å². The lowest BCUT2D eigenvalue weighted by atomic mass is 9.98. The highest BCUT2D eigenvalue weighted by molar-refractivity contribution is 6.42. The van der Waals surface area contributed by atoms with Crippen molar-refractivity contribution < 1.29 is 23.8 Å². The number of ether oxygens (including phenoxy) is 1. The summed E-state index contributed by atoms with van der Waals surface area (Å²) >= 11 is 12.0. The first kappa shape index (κ1) is 21.1. The monoisotopic (exact) mass is 437 g/mol. The van der Waals surface area contributed by atoms with Crippen molar-refractivity contribution >= 4 is 46.0 Å². The molecule has 0 aliphatic carbocycles. The highest BCUT2D eigenvalue weighted by atomic mass is 35.5. The molecular formula is C21H18Cl2FNO4. The van der Waals surface area contributed by atoms with Gasteiger partial charge in [0.2, 0.25) is 0 Å². The van der Waals surface area contributed by atoms with Crippen LogP contribution in [0.5, 0.6) is 5.75 Å². The van der Waals surface area contributed by atoms with Gasteiger partial charge in [-0.15, -0.1) is 0 Å². The molecule has 0 radical (unpaired) electrons. The number of aromatic hydroxyl groups is 1. The van der Waals surface area contributed by atoms with Gasteiger partial charge in [-0.2, -0.15) is 0 Å². The minimum Gasteiger partial charge on any atom is -0.505 e. The third-order valence-corrected chi connectivity index (χ3v) is 5.50. The normalized spacial score (nSPS) is 12.2. The number of fused-ring (bicyclic) bond motifs is 1. The molecule has 1 aromatic heterocycles. The summed E-state index contributed by atoms with van der Waals surface area (Å²) in [4.78, 5) is 25.6. The van der Waals surface area contributed by atoms with Crippen molar-refractivity contribution in [2.75, 3.05) is 6.61 Å². The average molecular weight is 438 g/mol. The molecule has 1 heterocycles. The van der Waals surface area contributed by atoms with Crippen molar-refractivity contribution in [1.82, 2.24) is 4.57 Å². The molecule has 1 N–H and O–H groups in total. The van der Waals surface area contributed by atoms with E-state index >= 15 is 0 Å². The number of nitrogens with zero attached hydrogens (tertiary/aromatic N) is 1. The topological polar surface area (TPSA) is 68.5 Å². The number of phenolic OH excluding ortho intramolecular Hbond substituents is 1. The molecule has 0 aliphatic rings. The fourth-order valence-corrected chi connectivity index (χ4v) is 3.70. The molecule has 0 amide bonds. The van der Waals surface area contributed by atoms with E-state index in [2.05, 4.69) is 0 Å². The van der Waals surface area contributed by atoms with E-state index in [-0.39, 0.29) is 22.7 Å². The molecule has 152 valence electrons. The van der Waals surface area contributed by atoms with Gasteiger partial charge in [0.05, 0.1) is 28.1 Å². The summed E-state index contributed by atoms with van der Waals surface area (Å²) < 4.78 is 20.5. The van der Waals surface area contributed by atoms with Crippen LogP contribution in [0.15, 0.2) is 30.3 Å². The molecule has 0 unspecified atom stereocenters. The summed E-state index contributed by atoms with van der Waals surface area (Å²) in [7, 11) is 0. The fourth-order valence-electron chi connectivity index (χ4n) is 3.40. The molecule has 0 bridgehead atoms. The zero-order valence-electron chi connectivity index (χ0n) is 15.9. The first-order valence-corrected chi connectivity index (χ1v) is 9.62. The van der Waals surface area contributed by atoms with E-state index in [1.54, 1.807) is 20.8 Å². The molecule has 0 fully saturated rings. The van der Waals surface area contributed by atoms with Gasteiger partial charge in [-0.1, -0.05) is 23.2 Å². The van der Waals surface area contributed by atoms with Gasteiger partial charge in [0, 0.05) is 22.7 Å². The first-order valence-electron chi connectivity index (χ1n) is 8.87. The molecule has 0 saturated heterocycles. The maximum Gasteiger partial charge on any atom is 0.313 e. The number of aromatic nitrogens is 1. The molecule has 29 heavy (non-hydrogen) atoms. The number of carbonyl (C=O) groups is 2. The van der Waals surface area contributed by atoms with Gasteiger partial charge < -0.3 is 9.84 Å². The second kappa shape index (κ2) is 8.05. The van der Waals surface area contributed by atoms with E-state index in [1.807, 2.05) is 0 Å². The van der Waals surface area contributed by atoms with Gasteiger partial charge in [0.1, 0.15) is 0 Å². The zero-order chi connectivity index (χ0) is 21.5. The van der Waals surface area contributed by atoms with Gasteiger partial charge in [-0.3, -0.25) is 14.2 Å². The Hall–Kier alpha value is -2.57. The largest absolute Gasteiger partial charge is 0.505 e. The number of halogens is 3. The summed E-state index contributed by atoms with van der Waals surface area (Å²) in [6.07, 6.45) is 0.